The van der Waals surface area contributed by atoms with Gasteiger partial charge in [-0.2, -0.15) is 5.26 Å². The Morgan fingerprint density at radius 3 is 2.59 bits per heavy atom. The minimum atomic E-state index is -0.533. The lowest BCUT2D eigenvalue weighted by Crippen LogP contribution is -2.28. The first-order valence-corrected chi connectivity index (χ1v) is 9.66. The van der Waals surface area contributed by atoms with E-state index in [-0.39, 0.29) is 24.6 Å². The lowest BCUT2D eigenvalue weighted by Gasteiger charge is -2.07. The molecule has 0 atom stereocenters. The first-order valence-electron chi connectivity index (χ1n) is 9.66. The zero-order valence-corrected chi connectivity index (χ0v) is 17.3. The van der Waals surface area contributed by atoms with Crippen LogP contribution in [0.2, 0.25) is 0 Å². The van der Waals surface area contributed by atoms with Gasteiger partial charge in [0, 0.05) is 11.8 Å². The van der Waals surface area contributed by atoms with Crippen LogP contribution < -0.4 is 20.1 Å². The Kier molecular flexibility index (Phi) is 7.65. The number of nitrogens with zero attached hydrogens (tertiary/aromatic N) is 1. The molecule has 2 N–H and O–H groups in total. The second-order valence-corrected chi connectivity index (χ2v) is 6.57. The first-order chi connectivity index (χ1) is 15.6. The molecule has 0 bridgehead atoms. The number of carbonyl (C=O) groups is 2. The fourth-order valence-electron chi connectivity index (χ4n) is 2.67. The van der Waals surface area contributed by atoms with Crippen molar-refractivity contribution in [2.24, 2.45) is 0 Å². The Morgan fingerprint density at radius 2 is 1.91 bits per heavy atom. The molecule has 3 aromatic rings. The Morgan fingerprint density at radius 1 is 1.09 bits per heavy atom. The molecule has 0 radical (unpaired) electrons. The molecule has 0 unspecified atom stereocenters. The van der Waals surface area contributed by atoms with Crippen LogP contribution in [-0.2, 0) is 16.1 Å². The second-order valence-electron chi connectivity index (χ2n) is 6.57. The van der Waals surface area contributed by atoms with Crippen molar-refractivity contribution >= 4 is 23.6 Å². The second kappa shape index (κ2) is 11.0. The van der Waals surface area contributed by atoms with Crippen LogP contribution in [0.25, 0.3) is 6.08 Å². The van der Waals surface area contributed by atoms with E-state index < -0.39 is 5.91 Å². The topological polar surface area (TPSA) is 114 Å². The van der Waals surface area contributed by atoms with E-state index in [0.29, 0.717) is 28.5 Å². The van der Waals surface area contributed by atoms with Crippen molar-refractivity contribution < 1.29 is 23.5 Å². The quantitative estimate of drug-likeness (QED) is 0.396. The summed E-state index contributed by atoms with van der Waals surface area (Å²) >= 11 is 0. The molecule has 1 aromatic heterocycles. The fraction of sp³-hybridized carbons (Fsp3) is 0.125. The number of anilines is 1. The number of ether oxygens (including phenoxy) is 2. The van der Waals surface area contributed by atoms with Gasteiger partial charge in [0.05, 0.1) is 19.9 Å². The van der Waals surface area contributed by atoms with Crippen LogP contribution in [0, 0.1) is 11.3 Å². The number of nitriles is 1. The SMILES string of the molecule is COc1cccc(NC(=O)/C(C#N)=C/c2ccc(OCC(=O)NCc3ccco3)cc2)c1. The molecule has 162 valence electrons. The zero-order valence-electron chi connectivity index (χ0n) is 17.3. The molecule has 0 saturated carbocycles. The smallest absolute Gasteiger partial charge is 0.266 e. The maximum atomic E-state index is 12.4. The highest BCUT2D eigenvalue weighted by atomic mass is 16.5. The number of benzene rings is 2. The van der Waals surface area contributed by atoms with E-state index in [0.717, 1.165) is 0 Å². The van der Waals surface area contributed by atoms with Crippen molar-refractivity contribution in [3.05, 3.63) is 83.8 Å². The summed E-state index contributed by atoms with van der Waals surface area (Å²) in [6.07, 6.45) is 3.00. The lowest BCUT2D eigenvalue weighted by molar-refractivity contribution is -0.123. The van der Waals surface area contributed by atoms with Crippen LogP contribution in [0.3, 0.4) is 0 Å². The Hall–Kier alpha value is -4.51. The number of hydrogen-bond donors (Lipinski definition) is 2. The van der Waals surface area contributed by atoms with Gasteiger partial charge >= 0.3 is 0 Å². The molecule has 0 spiro atoms. The molecule has 3 rings (SSSR count). The third-order valence-corrected chi connectivity index (χ3v) is 4.29. The summed E-state index contributed by atoms with van der Waals surface area (Å²) in [4.78, 5) is 24.3. The summed E-state index contributed by atoms with van der Waals surface area (Å²) in [5, 5.41) is 14.7. The predicted molar refractivity (Wildman–Crippen MR) is 118 cm³/mol. The van der Waals surface area contributed by atoms with Gasteiger partial charge in [0.2, 0.25) is 0 Å². The van der Waals surface area contributed by atoms with Crippen LogP contribution in [0.4, 0.5) is 5.69 Å². The standard InChI is InChI=1S/C24H21N3O5/c1-30-21-5-2-4-19(13-21)27-24(29)18(14-25)12-17-7-9-20(10-8-17)32-16-23(28)26-15-22-6-3-11-31-22/h2-13H,15-16H2,1H3,(H,26,28)(H,27,29)/b18-12+. The monoisotopic (exact) mass is 431 g/mol. The van der Waals surface area contributed by atoms with E-state index in [1.807, 2.05) is 6.07 Å². The summed E-state index contributed by atoms with van der Waals surface area (Å²) in [7, 11) is 1.53. The molecule has 2 aromatic carbocycles. The third-order valence-electron chi connectivity index (χ3n) is 4.29. The summed E-state index contributed by atoms with van der Waals surface area (Å²) in [5.41, 5.74) is 1.10. The molecule has 0 saturated heterocycles. The van der Waals surface area contributed by atoms with E-state index in [1.165, 1.54) is 19.4 Å². The van der Waals surface area contributed by atoms with Gasteiger partial charge in [-0.25, -0.2) is 0 Å². The molecular weight excluding hydrogens is 410 g/mol. The average Bonchev–Trinajstić information content (AvgIpc) is 3.34. The molecule has 0 fully saturated rings. The average molecular weight is 431 g/mol. The lowest BCUT2D eigenvalue weighted by atomic mass is 10.1. The van der Waals surface area contributed by atoms with Crippen molar-refractivity contribution in [1.82, 2.24) is 5.32 Å². The van der Waals surface area contributed by atoms with Gasteiger partial charge in [-0.3, -0.25) is 9.59 Å². The highest BCUT2D eigenvalue weighted by Crippen LogP contribution is 2.19. The van der Waals surface area contributed by atoms with E-state index in [9.17, 15) is 14.9 Å². The molecule has 2 amide bonds. The van der Waals surface area contributed by atoms with E-state index in [4.69, 9.17) is 13.9 Å². The summed E-state index contributed by atoms with van der Waals surface area (Å²) in [6, 6.07) is 18.9. The van der Waals surface area contributed by atoms with Gasteiger partial charge in [0.1, 0.15) is 28.9 Å². The van der Waals surface area contributed by atoms with Crippen molar-refractivity contribution in [3.8, 4) is 17.6 Å². The number of rotatable bonds is 9. The predicted octanol–water partition coefficient (Wildman–Crippen LogP) is 3.53. The van der Waals surface area contributed by atoms with E-state index in [1.54, 1.807) is 60.7 Å². The Bertz CT molecular complexity index is 1130. The molecule has 0 aliphatic heterocycles. The van der Waals surface area contributed by atoms with Gasteiger partial charge in [0.25, 0.3) is 11.8 Å². The number of carbonyl (C=O) groups excluding carboxylic acids is 2. The molecule has 0 aliphatic carbocycles. The molecule has 8 heteroatoms. The minimum absolute atomic E-state index is 0.0567. The van der Waals surface area contributed by atoms with Crippen molar-refractivity contribution in [1.29, 1.82) is 5.26 Å². The maximum Gasteiger partial charge on any atom is 0.266 e. The van der Waals surface area contributed by atoms with Crippen LogP contribution in [0.1, 0.15) is 11.3 Å². The summed E-state index contributed by atoms with van der Waals surface area (Å²) in [5.74, 6) is 0.907. The van der Waals surface area contributed by atoms with Gasteiger partial charge < -0.3 is 24.5 Å². The van der Waals surface area contributed by atoms with E-state index >= 15 is 0 Å². The number of furan rings is 1. The van der Waals surface area contributed by atoms with Crippen molar-refractivity contribution in [2.45, 2.75) is 6.54 Å². The molecule has 8 nitrogen and oxygen atoms in total. The highest BCUT2D eigenvalue weighted by molar-refractivity contribution is 6.09. The number of hydrogen-bond acceptors (Lipinski definition) is 6. The third kappa shape index (κ3) is 6.50. The summed E-state index contributed by atoms with van der Waals surface area (Å²) < 4.78 is 15.7. The van der Waals surface area contributed by atoms with Gasteiger partial charge in [-0.05, 0) is 48.0 Å². The maximum absolute atomic E-state index is 12.4. The van der Waals surface area contributed by atoms with Crippen LogP contribution >= 0.6 is 0 Å². The number of methoxy groups -OCH3 is 1. The minimum Gasteiger partial charge on any atom is -0.497 e. The van der Waals surface area contributed by atoms with Gasteiger partial charge in [-0.1, -0.05) is 18.2 Å². The summed E-state index contributed by atoms with van der Waals surface area (Å²) in [6.45, 7) is 0.135. The largest absolute Gasteiger partial charge is 0.497 e. The molecular formula is C24H21N3O5. The number of amides is 2. The van der Waals surface area contributed by atoms with Crippen molar-refractivity contribution in [2.75, 3.05) is 19.0 Å². The Labute approximate surface area is 185 Å². The van der Waals surface area contributed by atoms with Gasteiger partial charge in [-0.15, -0.1) is 0 Å². The van der Waals surface area contributed by atoms with Crippen LogP contribution in [0.15, 0.2) is 76.9 Å². The molecule has 1 heterocycles. The molecule has 32 heavy (non-hydrogen) atoms. The number of nitrogens with one attached hydrogen (secondary N) is 2. The molecule has 0 aliphatic rings. The Balaban J connectivity index is 1.54. The van der Waals surface area contributed by atoms with E-state index in [2.05, 4.69) is 10.6 Å². The first kappa shape index (κ1) is 22.2. The van der Waals surface area contributed by atoms with Crippen molar-refractivity contribution in [3.63, 3.8) is 0 Å². The fourth-order valence-corrected chi connectivity index (χ4v) is 2.67. The van der Waals surface area contributed by atoms with Gasteiger partial charge in [0.15, 0.2) is 6.61 Å². The van der Waals surface area contributed by atoms with Crippen LogP contribution in [-0.4, -0.2) is 25.5 Å². The highest BCUT2D eigenvalue weighted by Gasteiger charge is 2.10. The van der Waals surface area contributed by atoms with Crippen LogP contribution in [0.5, 0.6) is 11.5 Å². The normalized spacial score (nSPS) is 10.7. The zero-order chi connectivity index (χ0) is 22.8.